The molecule has 1 unspecified atom stereocenters. The van der Waals surface area contributed by atoms with Crippen LogP contribution in [0.5, 0.6) is 0 Å². The highest BCUT2D eigenvalue weighted by atomic mass is 35.5. The standard InChI is InChI=1S/C12H16ClN3O2/c1-7-3-4-9(6-16(7)8(2)17)12-14-10(13)5-11(18)15-12/h5,7,9H,3-4,6H2,1-2H3,(H,14,15,18)/t7-,9?/m0/s1. The molecule has 2 heterocycles. The maximum absolute atomic E-state index is 11.5. The first-order valence-corrected chi connectivity index (χ1v) is 6.39. The molecule has 18 heavy (non-hydrogen) atoms. The Balaban J connectivity index is 2.24. The normalized spacial score (nSPS) is 24.1. The van der Waals surface area contributed by atoms with Crippen LogP contribution in [0.3, 0.4) is 0 Å². The Morgan fingerprint density at radius 2 is 2.28 bits per heavy atom. The predicted octanol–water partition coefficient (Wildman–Crippen LogP) is 1.54. The minimum atomic E-state index is -0.252. The van der Waals surface area contributed by atoms with Crippen molar-refractivity contribution in [2.24, 2.45) is 0 Å². The van der Waals surface area contributed by atoms with E-state index in [9.17, 15) is 9.59 Å². The van der Waals surface area contributed by atoms with Crippen molar-refractivity contribution in [2.75, 3.05) is 6.54 Å². The molecule has 1 aliphatic rings. The van der Waals surface area contributed by atoms with Crippen LogP contribution in [0.1, 0.15) is 38.4 Å². The van der Waals surface area contributed by atoms with Crippen LogP contribution in [-0.4, -0.2) is 33.4 Å². The molecule has 0 radical (unpaired) electrons. The molecule has 0 aliphatic carbocycles. The van der Waals surface area contributed by atoms with Gasteiger partial charge in [-0.1, -0.05) is 11.6 Å². The molecule has 98 valence electrons. The van der Waals surface area contributed by atoms with E-state index < -0.39 is 0 Å². The summed E-state index contributed by atoms with van der Waals surface area (Å²) >= 11 is 5.79. The Morgan fingerprint density at radius 1 is 1.56 bits per heavy atom. The van der Waals surface area contributed by atoms with Crippen LogP contribution in [0.4, 0.5) is 0 Å². The number of hydrogen-bond donors (Lipinski definition) is 1. The van der Waals surface area contributed by atoms with Gasteiger partial charge in [-0.25, -0.2) is 4.98 Å². The number of carbonyl (C=O) groups is 1. The Morgan fingerprint density at radius 3 is 2.89 bits per heavy atom. The van der Waals surface area contributed by atoms with Crippen LogP contribution < -0.4 is 5.56 Å². The fourth-order valence-corrected chi connectivity index (χ4v) is 2.60. The molecule has 2 rings (SSSR count). The van der Waals surface area contributed by atoms with Gasteiger partial charge in [-0.2, -0.15) is 0 Å². The van der Waals surface area contributed by atoms with Gasteiger partial charge in [0.2, 0.25) is 5.91 Å². The Labute approximate surface area is 110 Å². The van der Waals surface area contributed by atoms with Gasteiger partial charge in [-0.15, -0.1) is 0 Å². The van der Waals surface area contributed by atoms with Crippen molar-refractivity contribution in [3.8, 4) is 0 Å². The molecule has 1 N–H and O–H groups in total. The van der Waals surface area contributed by atoms with Crippen molar-refractivity contribution >= 4 is 17.5 Å². The topological polar surface area (TPSA) is 66.1 Å². The number of H-pyrrole nitrogens is 1. The molecule has 0 spiro atoms. The van der Waals surface area contributed by atoms with Gasteiger partial charge in [0.05, 0.1) is 0 Å². The predicted molar refractivity (Wildman–Crippen MR) is 68.7 cm³/mol. The van der Waals surface area contributed by atoms with E-state index in [2.05, 4.69) is 9.97 Å². The molecule has 0 aromatic carbocycles. The summed E-state index contributed by atoms with van der Waals surface area (Å²) in [7, 11) is 0. The summed E-state index contributed by atoms with van der Waals surface area (Å²) in [6.07, 6.45) is 1.80. The summed E-state index contributed by atoms with van der Waals surface area (Å²) in [6, 6.07) is 1.49. The quantitative estimate of drug-likeness (QED) is 0.787. The number of carbonyl (C=O) groups excluding carboxylic acids is 1. The average Bonchev–Trinajstić information content (AvgIpc) is 2.27. The number of aromatic nitrogens is 2. The summed E-state index contributed by atoms with van der Waals surface area (Å²) in [5.41, 5.74) is -0.252. The van der Waals surface area contributed by atoms with Gasteiger partial charge in [-0.05, 0) is 19.8 Å². The molecule has 2 atom stereocenters. The van der Waals surface area contributed by atoms with Crippen LogP contribution >= 0.6 is 11.6 Å². The number of likely N-dealkylation sites (tertiary alicyclic amines) is 1. The molecule has 1 aliphatic heterocycles. The van der Waals surface area contributed by atoms with Crippen LogP contribution in [0.15, 0.2) is 10.9 Å². The molecule has 6 heteroatoms. The first-order valence-electron chi connectivity index (χ1n) is 6.01. The average molecular weight is 270 g/mol. The lowest BCUT2D eigenvalue weighted by Gasteiger charge is -2.36. The molecular weight excluding hydrogens is 254 g/mol. The highest BCUT2D eigenvalue weighted by Crippen LogP contribution is 2.28. The monoisotopic (exact) mass is 269 g/mol. The smallest absolute Gasteiger partial charge is 0.252 e. The Bertz CT molecular complexity index is 514. The molecular formula is C12H16ClN3O2. The van der Waals surface area contributed by atoms with Gasteiger partial charge in [0, 0.05) is 31.5 Å². The summed E-state index contributed by atoms with van der Waals surface area (Å²) in [4.78, 5) is 31.6. The van der Waals surface area contributed by atoms with Crippen molar-refractivity contribution in [2.45, 2.75) is 38.6 Å². The largest absolute Gasteiger partial charge is 0.340 e. The molecule has 5 nitrogen and oxygen atoms in total. The molecule has 0 bridgehead atoms. The number of rotatable bonds is 1. The fraction of sp³-hybridized carbons (Fsp3) is 0.583. The first kappa shape index (κ1) is 13.1. The van der Waals surface area contributed by atoms with Gasteiger partial charge in [0.1, 0.15) is 11.0 Å². The van der Waals surface area contributed by atoms with Gasteiger partial charge in [0.25, 0.3) is 5.56 Å². The SMILES string of the molecule is CC(=O)N1CC(c2nc(Cl)cc(=O)[nH]2)CC[C@@H]1C. The first-order chi connectivity index (χ1) is 8.47. The minimum absolute atomic E-state index is 0.0523. The number of nitrogens with zero attached hydrogens (tertiary/aromatic N) is 2. The lowest BCUT2D eigenvalue weighted by Crippen LogP contribution is -2.44. The van der Waals surface area contributed by atoms with Crippen molar-refractivity contribution in [1.29, 1.82) is 0 Å². The third kappa shape index (κ3) is 2.72. The van der Waals surface area contributed by atoms with E-state index in [-0.39, 0.29) is 28.6 Å². The number of aromatic amines is 1. The zero-order chi connectivity index (χ0) is 13.3. The summed E-state index contributed by atoms with van der Waals surface area (Å²) in [6.45, 7) is 4.18. The number of hydrogen-bond acceptors (Lipinski definition) is 3. The van der Waals surface area contributed by atoms with Crippen molar-refractivity contribution in [1.82, 2.24) is 14.9 Å². The molecule has 1 amide bonds. The Kier molecular flexibility index (Phi) is 3.71. The zero-order valence-corrected chi connectivity index (χ0v) is 11.2. The third-order valence-corrected chi connectivity index (χ3v) is 3.60. The number of amides is 1. The van der Waals surface area contributed by atoms with Gasteiger partial charge in [-0.3, -0.25) is 9.59 Å². The maximum atomic E-state index is 11.5. The van der Waals surface area contributed by atoms with Gasteiger partial charge < -0.3 is 9.88 Å². The molecule has 1 aromatic rings. The van der Waals surface area contributed by atoms with E-state index in [1.807, 2.05) is 11.8 Å². The van der Waals surface area contributed by atoms with E-state index in [0.29, 0.717) is 12.4 Å². The molecule has 1 saturated heterocycles. The zero-order valence-electron chi connectivity index (χ0n) is 10.4. The summed E-state index contributed by atoms with van der Waals surface area (Å²) < 4.78 is 0. The van der Waals surface area contributed by atoms with Crippen LogP contribution in [-0.2, 0) is 4.79 Å². The minimum Gasteiger partial charge on any atom is -0.340 e. The number of halogens is 1. The highest BCUT2D eigenvalue weighted by molar-refractivity contribution is 6.29. The second kappa shape index (κ2) is 5.10. The van der Waals surface area contributed by atoms with Crippen LogP contribution in [0.25, 0.3) is 0 Å². The summed E-state index contributed by atoms with van der Waals surface area (Å²) in [5.74, 6) is 0.679. The van der Waals surface area contributed by atoms with E-state index in [0.717, 1.165) is 12.8 Å². The lowest BCUT2D eigenvalue weighted by atomic mass is 9.92. The Hall–Kier alpha value is -1.36. The lowest BCUT2D eigenvalue weighted by molar-refractivity contribution is -0.132. The van der Waals surface area contributed by atoms with E-state index in [1.54, 1.807) is 6.92 Å². The van der Waals surface area contributed by atoms with Crippen molar-refractivity contribution in [3.63, 3.8) is 0 Å². The van der Waals surface area contributed by atoms with Crippen LogP contribution in [0, 0.1) is 0 Å². The molecule has 1 aromatic heterocycles. The van der Waals surface area contributed by atoms with E-state index in [4.69, 9.17) is 11.6 Å². The van der Waals surface area contributed by atoms with Gasteiger partial charge >= 0.3 is 0 Å². The summed E-state index contributed by atoms with van der Waals surface area (Å²) in [5, 5.41) is 0.196. The van der Waals surface area contributed by atoms with Crippen molar-refractivity contribution in [3.05, 3.63) is 27.4 Å². The molecule has 1 fully saturated rings. The van der Waals surface area contributed by atoms with Crippen LogP contribution in [0.2, 0.25) is 5.15 Å². The molecule has 0 saturated carbocycles. The second-order valence-electron chi connectivity index (χ2n) is 4.75. The number of piperidine rings is 1. The second-order valence-corrected chi connectivity index (χ2v) is 5.14. The third-order valence-electron chi connectivity index (χ3n) is 3.40. The fourth-order valence-electron chi connectivity index (χ4n) is 2.41. The maximum Gasteiger partial charge on any atom is 0.252 e. The van der Waals surface area contributed by atoms with Gasteiger partial charge in [0.15, 0.2) is 0 Å². The van der Waals surface area contributed by atoms with Crippen molar-refractivity contribution < 1.29 is 4.79 Å². The van der Waals surface area contributed by atoms with E-state index in [1.165, 1.54) is 6.07 Å². The van der Waals surface area contributed by atoms with E-state index >= 15 is 0 Å². The number of nitrogens with one attached hydrogen (secondary N) is 1. The highest BCUT2D eigenvalue weighted by Gasteiger charge is 2.29.